The number of amides is 1. The molecule has 0 unspecified atom stereocenters. The van der Waals surface area contributed by atoms with Crippen molar-refractivity contribution in [3.8, 4) is 5.75 Å². The predicted molar refractivity (Wildman–Crippen MR) is 99.0 cm³/mol. The first-order valence-corrected chi connectivity index (χ1v) is 9.75. The highest BCUT2D eigenvalue weighted by Crippen LogP contribution is 2.26. The summed E-state index contributed by atoms with van der Waals surface area (Å²) < 4.78 is 33.1. The minimum Gasteiger partial charge on any atom is -0.495 e. The molecule has 2 aromatic carbocycles. The minimum atomic E-state index is -3.85. The second-order valence-electron chi connectivity index (χ2n) is 5.88. The van der Waals surface area contributed by atoms with Crippen LogP contribution in [0.4, 0.5) is 5.69 Å². The summed E-state index contributed by atoms with van der Waals surface area (Å²) in [4.78, 5) is 14.4. The number of piperazine rings is 1. The molecule has 0 aromatic heterocycles. The van der Waals surface area contributed by atoms with Crippen LogP contribution in [0.25, 0.3) is 0 Å². The molecule has 1 saturated heterocycles. The number of carbonyl (C=O) groups excluding carboxylic acids is 1. The number of nitrogens with zero attached hydrogens (tertiary/aromatic N) is 1. The van der Waals surface area contributed by atoms with Crippen molar-refractivity contribution in [3.63, 3.8) is 0 Å². The minimum absolute atomic E-state index is 0.0318. The molecule has 0 atom stereocenters. The van der Waals surface area contributed by atoms with Gasteiger partial charge in [0.25, 0.3) is 15.9 Å². The number of methoxy groups -OCH3 is 1. The Bertz CT molecular complexity index is 893. The number of anilines is 1. The van der Waals surface area contributed by atoms with Crippen LogP contribution in [0.2, 0.25) is 0 Å². The molecule has 1 aliphatic rings. The van der Waals surface area contributed by atoms with Crippen LogP contribution in [-0.2, 0) is 10.0 Å². The molecule has 0 spiro atoms. The number of ether oxygens (including phenoxy) is 1. The molecule has 0 aliphatic carbocycles. The van der Waals surface area contributed by atoms with E-state index >= 15 is 0 Å². The van der Waals surface area contributed by atoms with E-state index in [1.165, 1.54) is 19.2 Å². The van der Waals surface area contributed by atoms with E-state index in [0.29, 0.717) is 30.1 Å². The van der Waals surface area contributed by atoms with Crippen molar-refractivity contribution in [2.45, 2.75) is 4.90 Å². The quantitative estimate of drug-likeness (QED) is 0.828. The van der Waals surface area contributed by atoms with Gasteiger partial charge in [0.2, 0.25) is 0 Å². The van der Waals surface area contributed by atoms with Crippen molar-refractivity contribution >= 4 is 21.6 Å². The molecular weight excluding hydrogens is 354 g/mol. The summed E-state index contributed by atoms with van der Waals surface area (Å²) in [5.41, 5.74) is 0.698. The summed E-state index contributed by atoms with van der Waals surface area (Å²) in [6, 6.07) is 12.8. The third-order valence-electron chi connectivity index (χ3n) is 4.15. The first-order valence-electron chi connectivity index (χ1n) is 8.27. The highest BCUT2D eigenvalue weighted by Gasteiger charge is 2.21. The van der Waals surface area contributed by atoms with E-state index in [1.54, 1.807) is 41.3 Å². The standard InChI is InChI=1S/C18H21N3O4S/c1-25-17-8-3-2-7-16(17)20-26(23,24)15-6-4-5-14(13-15)18(22)21-11-9-19-10-12-21/h2-8,13,19-20H,9-12H2,1H3. The van der Waals surface area contributed by atoms with Crippen LogP contribution in [0.15, 0.2) is 53.4 Å². The molecule has 2 aromatic rings. The van der Waals surface area contributed by atoms with Crippen LogP contribution in [-0.4, -0.2) is 52.5 Å². The average molecular weight is 375 g/mol. The van der Waals surface area contributed by atoms with Crippen molar-refractivity contribution in [3.05, 3.63) is 54.1 Å². The second kappa shape index (κ2) is 7.76. The summed E-state index contributed by atoms with van der Waals surface area (Å²) in [5.74, 6) is 0.255. The van der Waals surface area contributed by atoms with Gasteiger partial charge in [-0.15, -0.1) is 0 Å². The SMILES string of the molecule is COc1ccccc1NS(=O)(=O)c1cccc(C(=O)N2CCNCC2)c1. The Balaban J connectivity index is 1.85. The zero-order chi connectivity index (χ0) is 18.6. The Kier molecular flexibility index (Phi) is 5.43. The molecule has 138 valence electrons. The molecule has 1 heterocycles. The van der Waals surface area contributed by atoms with Gasteiger partial charge >= 0.3 is 0 Å². The number of rotatable bonds is 5. The van der Waals surface area contributed by atoms with Gasteiger partial charge in [0, 0.05) is 31.7 Å². The normalized spacial score (nSPS) is 14.7. The number of nitrogens with one attached hydrogen (secondary N) is 2. The second-order valence-corrected chi connectivity index (χ2v) is 7.56. The molecule has 0 bridgehead atoms. The molecule has 8 heteroatoms. The van der Waals surface area contributed by atoms with Crippen LogP contribution in [0, 0.1) is 0 Å². The van der Waals surface area contributed by atoms with Gasteiger partial charge in [-0.25, -0.2) is 8.42 Å². The molecule has 0 radical (unpaired) electrons. The number of carbonyl (C=O) groups is 1. The zero-order valence-corrected chi connectivity index (χ0v) is 15.3. The van der Waals surface area contributed by atoms with Gasteiger partial charge in [0.15, 0.2) is 0 Å². The Morgan fingerprint density at radius 2 is 1.85 bits per heavy atom. The highest BCUT2D eigenvalue weighted by molar-refractivity contribution is 7.92. The van der Waals surface area contributed by atoms with Gasteiger partial charge in [-0.05, 0) is 30.3 Å². The molecule has 1 fully saturated rings. The van der Waals surface area contributed by atoms with E-state index in [1.807, 2.05) is 0 Å². The van der Waals surface area contributed by atoms with Crippen LogP contribution in [0.1, 0.15) is 10.4 Å². The maximum absolute atomic E-state index is 12.7. The molecule has 0 saturated carbocycles. The van der Waals surface area contributed by atoms with Crippen LogP contribution < -0.4 is 14.8 Å². The largest absolute Gasteiger partial charge is 0.495 e. The summed E-state index contributed by atoms with van der Waals surface area (Å²) in [5, 5.41) is 3.18. The molecule has 1 aliphatic heterocycles. The van der Waals surface area contributed by atoms with Gasteiger partial charge in [0.1, 0.15) is 5.75 Å². The smallest absolute Gasteiger partial charge is 0.262 e. The summed E-state index contributed by atoms with van der Waals surface area (Å²) in [6.45, 7) is 2.68. The van der Waals surface area contributed by atoms with Crippen LogP contribution >= 0.6 is 0 Å². The highest BCUT2D eigenvalue weighted by atomic mass is 32.2. The number of hydrogen-bond donors (Lipinski definition) is 2. The maximum Gasteiger partial charge on any atom is 0.262 e. The van der Waals surface area contributed by atoms with E-state index in [-0.39, 0.29) is 10.8 Å². The van der Waals surface area contributed by atoms with E-state index in [0.717, 1.165) is 13.1 Å². The van der Waals surface area contributed by atoms with Crippen molar-refractivity contribution in [1.29, 1.82) is 0 Å². The predicted octanol–water partition coefficient (Wildman–Crippen LogP) is 1.54. The lowest BCUT2D eigenvalue weighted by Crippen LogP contribution is -2.46. The van der Waals surface area contributed by atoms with E-state index in [4.69, 9.17) is 4.74 Å². The van der Waals surface area contributed by atoms with Crippen LogP contribution in [0.5, 0.6) is 5.75 Å². The zero-order valence-electron chi connectivity index (χ0n) is 14.4. The summed E-state index contributed by atoms with van der Waals surface area (Å²) in [6.07, 6.45) is 0. The molecule has 3 rings (SSSR count). The molecule has 7 nitrogen and oxygen atoms in total. The summed E-state index contributed by atoms with van der Waals surface area (Å²) in [7, 11) is -2.37. The number of hydrogen-bond acceptors (Lipinski definition) is 5. The Morgan fingerprint density at radius 1 is 1.12 bits per heavy atom. The van der Waals surface area contributed by atoms with E-state index in [2.05, 4.69) is 10.0 Å². The average Bonchev–Trinajstić information content (AvgIpc) is 2.68. The fourth-order valence-corrected chi connectivity index (χ4v) is 3.90. The monoisotopic (exact) mass is 375 g/mol. The Labute approximate surface area is 153 Å². The van der Waals surface area contributed by atoms with E-state index < -0.39 is 10.0 Å². The van der Waals surface area contributed by atoms with Crippen molar-refractivity contribution in [2.24, 2.45) is 0 Å². The van der Waals surface area contributed by atoms with Crippen molar-refractivity contribution < 1.29 is 17.9 Å². The lowest BCUT2D eigenvalue weighted by atomic mass is 10.2. The van der Waals surface area contributed by atoms with Crippen molar-refractivity contribution in [2.75, 3.05) is 38.0 Å². The molecule has 2 N–H and O–H groups in total. The van der Waals surface area contributed by atoms with Crippen molar-refractivity contribution in [1.82, 2.24) is 10.2 Å². The first kappa shape index (κ1) is 18.2. The summed E-state index contributed by atoms with van der Waals surface area (Å²) >= 11 is 0. The fraction of sp³-hybridized carbons (Fsp3) is 0.278. The third kappa shape index (κ3) is 3.97. The Hall–Kier alpha value is -2.58. The van der Waals surface area contributed by atoms with Gasteiger partial charge in [-0.1, -0.05) is 18.2 Å². The maximum atomic E-state index is 12.7. The van der Waals surface area contributed by atoms with Crippen LogP contribution in [0.3, 0.4) is 0 Å². The topological polar surface area (TPSA) is 87.7 Å². The molecular formula is C18H21N3O4S. The van der Waals surface area contributed by atoms with Gasteiger partial charge in [-0.2, -0.15) is 0 Å². The number of para-hydroxylation sites is 2. The molecule has 1 amide bonds. The van der Waals surface area contributed by atoms with Gasteiger partial charge < -0.3 is 15.0 Å². The van der Waals surface area contributed by atoms with Gasteiger partial charge in [0.05, 0.1) is 17.7 Å². The third-order valence-corrected chi connectivity index (χ3v) is 5.51. The number of sulfonamides is 1. The van der Waals surface area contributed by atoms with Gasteiger partial charge in [-0.3, -0.25) is 9.52 Å². The lowest BCUT2D eigenvalue weighted by molar-refractivity contribution is 0.0735. The first-order chi connectivity index (χ1) is 12.5. The number of benzene rings is 2. The fourth-order valence-electron chi connectivity index (χ4n) is 2.78. The molecule has 26 heavy (non-hydrogen) atoms. The van der Waals surface area contributed by atoms with E-state index in [9.17, 15) is 13.2 Å². The lowest BCUT2D eigenvalue weighted by Gasteiger charge is -2.27. The Morgan fingerprint density at radius 3 is 2.58 bits per heavy atom.